The van der Waals surface area contributed by atoms with Gasteiger partial charge in [-0.2, -0.15) is 0 Å². The normalized spacial score (nSPS) is 10.6. The first-order valence-corrected chi connectivity index (χ1v) is 4.25. The molecule has 13 heavy (non-hydrogen) atoms. The van der Waals surface area contributed by atoms with E-state index in [0.29, 0.717) is 4.47 Å². The van der Waals surface area contributed by atoms with E-state index in [1.807, 2.05) is 0 Å². The number of carbonyl (C=O) groups is 1. The summed E-state index contributed by atoms with van der Waals surface area (Å²) < 4.78 is 13.5. The molecule has 1 rings (SSSR count). The maximum atomic E-state index is 13.2. The fourth-order valence-corrected chi connectivity index (χ4v) is 1.19. The smallest absolute Gasteiger partial charge is 0.328 e. The quantitative estimate of drug-likeness (QED) is 0.813. The molecule has 0 aliphatic heterocycles. The van der Waals surface area contributed by atoms with Crippen LogP contribution in [0.1, 0.15) is 5.56 Å². The van der Waals surface area contributed by atoms with Crippen LogP contribution in [-0.4, -0.2) is 11.1 Å². The van der Waals surface area contributed by atoms with Crippen molar-refractivity contribution in [3.05, 3.63) is 40.1 Å². The standard InChI is InChI=1S/C9H6BrFO2/c10-7-3-1-2-6(9(7)11)4-5-8(12)13/h1-5H,(H,12,13)/b5-4+. The van der Waals surface area contributed by atoms with Crippen LogP contribution in [-0.2, 0) is 4.79 Å². The molecular weight excluding hydrogens is 239 g/mol. The lowest BCUT2D eigenvalue weighted by Crippen LogP contribution is -1.88. The Kier molecular flexibility index (Phi) is 3.19. The fourth-order valence-electron chi connectivity index (χ4n) is 0.810. The second-order valence-electron chi connectivity index (χ2n) is 2.31. The minimum absolute atomic E-state index is 0.247. The lowest BCUT2D eigenvalue weighted by atomic mass is 10.2. The van der Waals surface area contributed by atoms with Gasteiger partial charge in [0, 0.05) is 11.6 Å². The van der Waals surface area contributed by atoms with Crippen LogP contribution in [0.2, 0.25) is 0 Å². The first-order valence-electron chi connectivity index (χ1n) is 3.46. The van der Waals surface area contributed by atoms with Crippen molar-refractivity contribution in [3.63, 3.8) is 0 Å². The number of halogens is 2. The van der Waals surface area contributed by atoms with Crippen LogP contribution in [0.5, 0.6) is 0 Å². The molecule has 2 nitrogen and oxygen atoms in total. The second-order valence-corrected chi connectivity index (χ2v) is 3.17. The van der Waals surface area contributed by atoms with Crippen LogP contribution in [0.25, 0.3) is 6.08 Å². The van der Waals surface area contributed by atoms with Crippen LogP contribution in [0.4, 0.5) is 4.39 Å². The Labute approximate surface area is 82.8 Å². The topological polar surface area (TPSA) is 37.3 Å². The summed E-state index contributed by atoms with van der Waals surface area (Å²) in [6.07, 6.45) is 2.10. The van der Waals surface area contributed by atoms with E-state index >= 15 is 0 Å². The Morgan fingerprint density at radius 1 is 1.54 bits per heavy atom. The number of hydrogen-bond acceptors (Lipinski definition) is 1. The van der Waals surface area contributed by atoms with Crippen LogP contribution in [0.15, 0.2) is 28.7 Å². The van der Waals surface area contributed by atoms with Gasteiger partial charge in [0.05, 0.1) is 4.47 Å². The SMILES string of the molecule is O=C(O)/C=C/c1cccc(Br)c1F. The third-order valence-electron chi connectivity index (χ3n) is 1.39. The van der Waals surface area contributed by atoms with Crippen LogP contribution in [0.3, 0.4) is 0 Å². The minimum atomic E-state index is -1.10. The summed E-state index contributed by atoms with van der Waals surface area (Å²) in [5.41, 5.74) is 0.247. The summed E-state index contributed by atoms with van der Waals surface area (Å²) in [5.74, 6) is -1.56. The molecule has 0 saturated carbocycles. The largest absolute Gasteiger partial charge is 0.478 e. The number of rotatable bonds is 2. The summed E-state index contributed by atoms with van der Waals surface area (Å²) >= 11 is 3.00. The first-order chi connectivity index (χ1) is 6.11. The summed E-state index contributed by atoms with van der Waals surface area (Å²) in [6.45, 7) is 0. The van der Waals surface area contributed by atoms with Gasteiger partial charge < -0.3 is 5.11 Å². The highest BCUT2D eigenvalue weighted by Gasteiger charge is 2.02. The van der Waals surface area contributed by atoms with Crippen molar-refractivity contribution < 1.29 is 14.3 Å². The van der Waals surface area contributed by atoms with E-state index in [9.17, 15) is 9.18 Å². The highest BCUT2D eigenvalue weighted by Crippen LogP contribution is 2.19. The molecule has 0 radical (unpaired) electrons. The lowest BCUT2D eigenvalue weighted by molar-refractivity contribution is -0.131. The zero-order valence-electron chi connectivity index (χ0n) is 6.50. The molecule has 0 saturated heterocycles. The van der Waals surface area contributed by atoms with Crippen molar-refractivity contribution in [2.45, 2.75) is 0 Å². The van der Waals surface area contributed by atoms with Crippen LogP contribution >= 0.6 is 15.9 Å². The van der Waals surface area contributed by atoms with Gasteiger partial charge >= 0.3 is 5.97 Å². The molecule has 0 heterocycles. The summed E-state index contributed by atoms with van der Waals surface area (Å²) in [4.78, 5) is 10.1. The van der Waals surface area contributed by atoms with E-state index in [-0.39, 0.29) is 5.56 Å². The van der Waals surface area contributed by atoms with E-state index in [1.165, 1.54) is 12.1 Å². The second kappa shape index (κ2) is 4.18. The number of carboxylic acid groups (broad SMARTS) is 1. The van der Waals surface area contributed by atoms with Gasteiger partial charge in [0.2, 0.25) is 0 Å². The molecule has 68 valence electrons. The van der Waals surface area contributed by atoms with Crippen LogP contribution in [0, 0.1) is 5.82 Å². The molecule has 1 aromatic carbocycles. The van der Waals surface area contributed by atoms with Crippen LogP contribution < -0.4 is 0 Å². The zero-order chi connectivity index (χ0) is 9.84. The maximum Gasteiger partial charge on any atom is 0.328 e. The average Bonchev–Trinajstić information content (AvgIpc) is 2.07. The van der Waals surface area contributed by atoms with Crippen molar-refractivity contribution >= 4 is 28.0 Å². The molecular formula is C9H6BrFO2. The monoisotopic (exact) mass is 244 g/mol. The van der Waals surface area contributed by atoms with E-state index in [1.54, 1.807) is 12.1 Å². The van der Waals surface area contributed by atoms with Gasteiger partial charge in [-0.25, -0.2) is 9.18 Å². The molecule has 0 spiro atoms. The molecule has 1 aromatic rings. The minimum Gasteiger partial charge on any atom is -0.478 e. The van der Waals surface area contributed by atoms with Crippen molar-refractivity contribution in [2.24, 2.45) is 0 Å². The highest BCUT2D eigenvalue weighted by molar-refractivity contribution is 9.10. The van der Waals surface area contributed by atoms with E-state index in [2.05, 4.69) is 15.9 Å². The Bertz CT molecular complexity index is 361. The van der Waals surface area contributed by atoms with Crippen molar-refractivity contribution in [3.8, 4) is 0 Å². The molecule has 0 unspecified atom stereocenters. The highest BCUT2D eigenvalue weighted by atomic mass is 79.9. The van der Waals surface area contributed by atoms with Crippen molar-refractivity contribution in [2.75, 3.05) is 0 Å². The summed E-state index contributed by atoms with van der Waals surface area (Å²) in [5, 5.41) is 8.31. The number of aliphatic carboxylic acids is 1. The van der Waals surface area contributed by atoms with Gasteiger partial charge in [-0.15, -0.1) is 0 Å². The van der Waals surface area contributed by atoms with E-state index < -0.39 is 11.8 Å². The predicted molar refractivity (Wildman–Crippen MR) is 50.8 cm³/mol. The first kappa shape index (κ1) is 9.92. The zero-order valence-corrected chi connectivity index (χ0v) is 8.08. The van der Waals surface area contributed by atoms with Crippen molar-refractivity contribution in [1.29, 1.82) is 0 Å². The van der Waals surface area contributed by atoms with Gasteiger partial charge in [-0.3, -0.25) is 0 Å². The van der Waals surface area contributed by atoms with E-state index in [4.69, 9.17) is 5.11 Å². The molecule has 0 amide bonds. The fraction of sp³-hybridized carbons (Fsp3) is 0. The predicted octanol–water partition coefficient (Wildman–Crippen LogP) is 2.69. The molecule has 0 aromatic heterocycles. The third-order valence-corrected chi connectivity index (χ3v) is 2.00. The van der Waals surface area contributed by atoms with Gasteiger partial charge in [0.15, 0.2) is 0 Å². The molecule has 4 heteroatoms. The molecule has 0 aliphatic rings. The number of hydrogen-bond donors (Lipinski definition) is 1. The Morgan fingerprint density at radius 3 is 2.85 bits per heavy atom. The number of benzene rings is 1. The summed E-state index contributed by atoms with van der Waals surface area (Å²) in [6, 6.07) is 4.68. The third kappa shape index (κ3) is 2.66. The molecule has 0 fully saturated rings. The number of carboxylic acids is 1. The lowest BCUT2D eigenvalue weighted by Gasteiger charge is -1.97. The molecule has 0 bridgehead atoms. The van der Waals surface area contributed by atoms with Crippen molar-refractivity contribution in [1.82, 2.24) is 0 Å². The van der Waals surface area contributed by atoms with E-state index in [0.717, 1.165) is 6.08 Å². The van der Waals surface area contributed by atoms with Gasteiger partial charge in [0.25, 0.3) is 0 Å². The average molecular weight is 245 g/mol. The molecule has 0 aliphatic carbocycles. The maximum absolute atomic E-state index is 13.2. The summed E-state index contributed by atoms with van der Waals surface area (Å²) in [7, 11) is 0. The molecule has 0 atom stereocenters. The Morgan fingerprint density at radius 2 is 2.23 bits per heavy atom. The van der Waals surface area contributed by atoms with Gasteiger partial charge in [0.1, 0.15) is 5.82 Å². The van der Waals surface area contributed by atoms with Gasteiger partial charge in [-0.05, 0) is 28.1 Å². The Hall–Kier alpha value is -1.16. The molecule has 1 N–H and O–H groups in total. The van der Waals surface area contributed by atoms with Gasteiger partial charge in [-0.1, -0.05) is 12.1 Å². The Balaban J connectivity index is 3.02.